The zero-order valence-corrected chi connectivity index (χ0v) is 29.0. The van der Waals surface area contributed by atoms with Gasteiger partial charge < -0.3 is 23.4 Å². The van der Waals surface area contributed by atoms with Gasteiger partial charge >= 0.3 is 0 Å². The van der Waals surface area contributed by atoms with Crippen LogP contribution in [0, 0.1) is 0 Å². The summed E-state index contributed by atoms with van der Waals surface area (Å²) in [6.07, 6.45) is 13.0. The molecule has 8 rings (SSSR count). The molecule has 0 saturated carbocycles. The minimum absolute atomic E-state index is 0.630. The number of benzene rings is 4. The highest BCUT2D eigenvalue weighted by atomic mass is 16.5. The molecule has 0 radical (unpaired) electrons. The van der Waals surface area contributed by atoms with Gasteiger partial charge in [-0.3, -0.25) is 0 Å². The van der Waals surface area contributed by atoms with Crippen molar-refractivity contribution in [2.75, 3.05) is 50.6 Å². The third-order valence-corrected chi connectivity index (χ3v) is 9.88. The molecule has 7 nitrogen and oxygen atoms in total. The van der Waals surface area contributed by atoms with Crippen LogP contribution >= 0.6 is 0 Å². The van der Waals surface area contributed by atoms with Gasteiger partial charge in [0.25, 0.3) is 0 Å². The van der Waals surface area contributed by atoms with Gasteiger partial charge in [-0.15, -0.1) is 0 Å². The molecule has 0 saturated heterocycles. The van der Waals surface area contributed by atoms with Crippen LogP contribution in [0.5, 0.6) is 5.75 Å². The van der Waals surface area contributed by atoms with Crippen molar-refractivity contribution in [2.45, 2.75) is 19.4 Å². The van der Waals surface area contributed by atoms with Gasteiger partial charge in [-0.25, -0.2) is 4.98 Å². The molecular weight excluding hydrogens is 619 g/mol. The standard InChI is InChI=1S/C43H43N5O2/c1-45-39-19-9-11-21-41(39)50-43(45)31-33-23-27-47(38-18-8-5-15-35(33)38)25-13-29-48(2,3)28-12-24-46-26-22-32(34-14-4-7-17-37(34)46)30-42-44-36-16-6-10-20-40(36)49-42/h4-11,14-23,26-27,30-31H,12-13,24-25,28-29H2,1-3H3/q+2. The summed E-state index contributed by atoms with van der Waals surface area (Å²) in [4.78, 5) is 9.16. The normalized spacial score (nSPS) is 15.7. The lowest BCUT2D eigenvalue weighted by Gasteiger charge is -2.32. The average Bonchev–Trinajstić information content (AvgIpc) is 3.69. The number of rotatable bonds is 10. The molecule has 0 N–H and O–H groups in total. The van der Waals surface area contributed by atoms with Gasteiger partial charge in [-0.05, 0) is 53.6 Å². The van der Waals surface area contributed by atoms with Gasteiger partial charge in [0, 0.05) is 61.7 Å². The van der Waals surface area contributed by atoms with Crippen LogP contribution in [0.4, 0.5) is 11.4 Å². The van der Waals surface area contributed by atoms with E-state index in [2.05, 4.69) is 126 Å². The first-order valence-electron chi connectivity index (χ1n) is 17.5. The minimum Gasteiger partial charge on any atom is -0.439 e. The largest absolute Gasteiger partial charge is 0.439 e. The maximum atomic E-state index is 6.19. The molecule has 2 aromatic heterocycles. The number of hydrogen-bond donors (Lipinski definition) is 0. The smallest absolute Gasteiger partial charge is 0.220 e. The van der Waals surface area contributed by atoms with E-state index in [0.717, 1.165) is 83.1 Å². The summed E-state index contributed by atoms with van der Waals surface area (Å²) < 4.78 is 15.6. The molecule has 250 valence electrons. The molecule has 4 heterocycles. The van der Waals surface area contributed by atoms with Crippen molar-refractivity contribution in [1.29, 1.82) is 0 Å². The quantitative estimate of drug-likeness (QED) is 0.109. The van der Waals surface area contributed by atoms with Gasteiger partial charge in [0.15, 0.2) is 24.1 Å². The number of fused-ring (bicyclic) bond motifs is 4. The number of allylic oxidation sites excluding steroid dienone is 2. The molecule has 0 atom stereocenters. The van der Waals surface area contributed by atoms with Crippen LogP contribution in [0.1, 0.15) is 29.9 Å². The van der Waals surface area contributed by atoms with E-state index < -0.39 is 0 Å². The third-order valence-electron chi connectivity index (χ3n) is 9.88. The first kappa shape index (κ1) is 31.6. The van der Waals surface area contributed by atoms with Gasteiger partial charge in [-0.2, -0.15) is 4.57 Å². The molecular formula is C43H43N5O2+2. The zero-order valence-electron chi connectivity index (χ0n) is 29.0. The Morgan fingerprint density at radius 1 is 0.800 bits per heavy atom. The highest BCUT2D eigenvalue weighted by Gasteiger charge is 2.24. The van der Waals surface area contributed by atoms with Crippen molar-refractivity contribution >= 4 is 51.1 Å². The molecule has 0 bridgehead atoms. The van der Waals surface area contributed by atoms with Crippen LogP contribution in [0.3, 0.4) is 0 Å². The molecule has 0 amide bonds. The molecule has 2 aliphatic rings. The summed E-state index contributed by atoms with van der Waals surface area (Å²) in [6, 6.07) is 35.6. The topological polar surface area (TPSA) is 45.6 Å². The summed E-state index contributed by atoms with van der Waals surface area (Å²) in [5.41, 5.74) is 8.71. The monoisotopic (exact) mass is 661 g/mol. The van der Waals surface area contributed by atoms with E-state index in [4.69, 9.17) is 9.15 Å². The fourth-order valence-electron chi connectivity index (χ4n) is 7.17. The lowest BCUT2D eigenvalue weighted by Crippen LogP contribution is -2.44. The van der Waals surface area contributed by atoms with E-state index in [1.165, 1.54) is 22.2 Å². The number of aryl methyl sites for hydroxylation is 1. The van der Waals surface area contributed by atoms with E-state index >= 15 is 0 Å². The zero-order chi connectivity index (χ0) is 34.1. The second-order valence-electron chi connectivity index (χ2n) is 13.8. The first-order chi connectivity index (χ1) is 24.4. The Bertz CT molecular complexity index is 2250. The summed E-state index contributed by atoms with van der Waals surface area (Å²) in [5, 5.41) is 1.23. The summed E-state index contributed by atoms with van der Waals surface area (Å²) in [5.74, 6) is 2.37. The Kier molecular flexibility index (Phi) is 8.43. The van der Waals surface area contributed by atoms with Crippen molar-refractivity contribution in [3.8, 4) is 5.75 Å². The van der Waals surface area contributed by atoms with Gasteiger partial charge in [-0.1, -0.05) is 54.6 Å². The summed E-state index contributed by atoms with van der Waals surface area (Å²) in [6.45, 7) is 4.14. The van der Waals surface area contributed by atoms with Crippen LogP contribution in [0.25, 0.3) is 39.7 Å². The van der Waals surface area contributed by atoms with E-state index in [9.17, 15) is 0 Å². The predicted molar refractivity (Wildman–Crippen MR) is 203 cm³/mol. The lowest BCUT2D eigenvalue weighted by molar-refractivity contribution is -0.892. The molecule has 4 aromatic carbocycles. The Labute approximate surface area is 293 Å². The Morgan fingerprint density at radius 2 is 1.56 bits per heavy atom. The van der Waals surface area contributed by atoms with Crippen LogP contribution in [-0.2, 0) is 6.54 Å². The van der Waals surface area contributed by atoms with Crippen LogP contribution in [0.15, 0.2) is 132 Å². The highest BCUT2D eigenvalue weighted by molar-refractivity contribution is 5.94. The van der Waals surface area contributed by atoms with E-state index in [1.54, 1.807) is 0 Å². The average molecular weight is 662 g/mol. The maximum Gasteiger partial charge on any atom is 0.220 e. The Balaban J connectivity index is 0.890. The van der Waals surface area contributed by atoms with Gasteiger partial charge in [0.2, 0.25) is 17.3 Å². The second kappa shape index (κ2) is 13.3. The number of anilines is 2. The number of nitrogens with zero attached hydrogens (tertiary/aromatic N) is 5. The summed E-state index contributed by atoms with van der Waals surface area (Å²) in [7, 11) is 6.77. The van der Waals surface area contributed by atoms with Crippen molar-refractivity contribution in [3.05, 3.63) is 145 Å². The van der Waals surface area contributed by atoms with Gasteiger partial charge in [0.1, 0.15) is 5.52 Å². The minimum atomic E-state index is 0.630. The number of quaternary nitrogens is 1. The van der Waals surface area contributed by atoms with Crippen molar-refractivity contribution in [3.63, 3.8) is 0 Å². The number of ether oxygens (including phenoxy) is 1. The number of hydrogen-bond acceptors (Lipinski definition) is 5. The Morgan fingerprint density at radius 3 is 2.44 bits per heavy atom. The highest BCUT2D eigenvalue weighted by Crippen LogP contribution is 2.38. The molecule has 50 heavy (non-hydrogen) atoms. The van der Waals surface area contributed by atoms with Crippen LogP contribution in [-0.4, -0.2) is 50.2 Å². The number of aromatic nitrogens is 2. The van der Waals surface area contributed by atoms with Gasteiger partial charge in [0.05, 0.1) is 44.7 Å². The predicted octanol–water partition coefficient (Wildman–Crippen LogP) is 8.53. The first-order valence-corrected chi connectivity index (χ1v) is 17.5. The molecule has 2 aliphatic heterocycles. The van der Waals surface area contributed by atoms with Crippen LogP contribution in [0.2, 0.25) is 0 Å². The van der Waals surface area contributed by atoms with Crippen molar-refractivity contribution in [1.82, 2.24) is 4.98 Å². The molecule has 0 fully saturated rings. The fourth-order valence-corrected chi connectivity index (χ4v) is 7.17. The van der Waals surface area contributed by atoms with Crippen LogP contribution < -0.4 is 19.1 Å². The Hall–Kier alpha value is -5.66. The lowest BCUT2D eigenvalue weighted by atomic mass is 9.99. The summed E-state index contributed by atoms with van der Waals surface area (Å²) >= 11 is 0. The molecule has 0 unspecified atom stereocenters. The van der Waals surface area contributed by atoms with E-state index in [0.29, 0.717) is 5.89 Å². The second-order valence-corrected chi connectivity index (χ2v) is 13.8. The third kappa shape index (κ3) is 6.40. The molecule has 7 heteroatoms. The molecule has 6 aromatic rings. The fraction of sp³-hybridized carbons (Fsp3) is 0.209. The maximum absolute atomic E-state index is 6.19. The van der Waals surface area contributed by atoms with Crippen molar-refractivity contribution < 1.29 is 18.2 Å². The number of oxazole rings is 1. The number of para-hydroxylation sites is 6. The SMILES string of the molecule is CN1C(=Cc2cc[n+](CCC[N+](C)(C)CCCN3C=CC(=Cc4nc5ccccc5o4)c4ccccc43)c3ccccc23)Oc2ccccc21. The molecule has 0 aliphatic carbocycles. The number of pyridine rings is 1. The molecule has 0 spiro atoms. The van der Waals surface area contributed by atoms with E-state index in [1.807, 2.05) is 48.5 Å². The van der Waals surface area contributed by atoms with E-state index in [-0.39, 0.29) is 0 Å². The van der Waals surface area contributed by atoms with Crippen molar-refractivity contribution in [2.24, 2.45) is 0 Å².